The summed E-state index contributed by atoms with van der Waals surface area (Å²) in [7, 11) is 0. The molecule has 1 saturated carbocycles. The summed E-state index contributed by atoms with van der Waals surface area (Å²) in [6, 6.07) is 18.7. The first-order valence-corrected chi connectivity index (χ1v) is 7.92. The van der Waals surface area contributed by atoms with Gasteiger partial charge in [-0.25, -0.2) is 0 Å². The van der Waals surface area contributed by atoms with Gasteiger partial charge in [0, 0.05) is 11.6 Å². The van der Waals surface area contributed by atoms with E-state index in [1.165, 1.54) is 0 Å². The van der Waals surface area contributed by atoms with E-state index in [9.17, 15) is 9.59 Å². The molecule has 1 atom stereocenters. The normalized spacial score (nSPS) is 14.8. The topological polar surface area (TPSA) is 58.2 Å². The molecule has 0 aromatic heterocycles. The highest BCUT2D eigenvalue weighted by atomic mass is 16.2. The minimum Gasteiger partial charge on any atom is -0.353 e. The fourth-order valence-electron chi connectivity index (χ4n) is 2.47. The molecule has 0 saturated heterocycles. The van der Waals surface area contributed by atoms with E-state index in [1.54, 1.807) is 12.1 Å². The summed E-state index contributed by atoms with van der Waals surface area (Å²) < 4.78 is 0. The zero-order valence-electron chi connectivity index (χ0n) is 12.9. The molecule has 1 aliphatic rings. The lowest BCUT2D eigenvalue weighted by atomic mass is 10.0. The Morgan fingerprint density at radius 2 is 1.57 bits per heavy atom. The van der Waals surface area contributed by atoms with E-state index in [-0.39, 0.29) is 24.3 Å². The zero-order chi connectivity index (χ0) is 16.1. The molecular weight excluding hydrogens is 288 g/mol. The van der Waals surface area contributed by atoms with Crippen LogP contribution in [0.1, 0.15) is 41.2 Å². The standard InChI is InChI=1S/C19H20N2O2/c22-18(20-16-11-12-16)13-17(14-7-3-1-4-8-14)21-19(23)15-9-5-2-6-10-15/h1-10,16-17H,11-13H2,(H,20,22)(H,21,23)/t17-/m1/s1. The highest BCUT2D eigenvalue weighted by Crippen LogP contribution is 2.21. The van der Waals surface area contributed by atoms with Gasteiger partial charge < -0.3 is 10.6 Å². The molecule has 23 heavy (non-hydrogen) atoms. The third-order valence-corrected chi connectivity index (χ3v) is 3.88. The molecule has 0 unspecified atom stereocenters. The minimum absolute atomic E-state index is 0.0188. The molecule has 0 bridgehead atoms. The maximum absolute atomic E-state index is 12.4. The lowest BCUT2D eigenvalue weighted by Gasteiger charge is -2.19. The number of hydrogen-bond acceptors (Lipinski definition) is 2. The van der Waals surface area contributed by atoms with Crippen LogP contribution in [0.2, 0.25) is 0 Å². The summed E-state index contributed by atoms with van der Waals surface area (Å²) >= 11 is 0. The summed E-state index contributed by atoms with van der Waals surface area (Å²) in [4.78, 5) is 24.5. The molecule has 0 spiro atoms. The molecule has 4 nitrogen and oxygen atoms in total. The van der Waals surface area contributed by atoms with Crippen LogP contribution < -0.4 is 10.6 Å². The number of carbonyl (C=O) groups is 2. The highest BCUT2D eigenvalue weighted by Gasteiger charge is 2.25. The van der Waals surface area contributed by atoms with Crippen LogP contribution in [-0.2, 0) is 4.79 Å². The molecule has 0 heterocycles. The van der Waals surface area contributed by atoms with Gasteiger partial charge in [0.25, 0.3) is 5.91 Å². The molecule has 4 heteroatoms. The molecule has 3 rings (SSSR count). The van der Waals surface area contributed by atoms with Crippen molar-refractivity contribution in [3.05, 3.63) is 71.8 Å². The molecular formula is C19H20N2O2. The molecule has 2 N–H and O–H groups in total. The zero-order valence-corrected chi connectivity index (χ0v) is 12.9. The number of amides is 2. The highest BCUT2D eigenvalue weighted by molar-refractivity contribution is 5.94. The molecule has 0 radical (unpaired) electrons. The Kier molecular flexibility index (Phi) is 4.71. The first kappa shape index (κ1) is 15.3. The largest absolute Gasteiger partial charge is 0.353 e. The average molecular weight is 308 g/mol. The number of carbonyl (C=O) groups excluding carboxylic acids is 2. The molecule has 2 aromatic rings. The van der Waals surface area contributed by atoms with Gasteiger partial charge in [-0.15, -0.1) is 0 Å². The van der Waals surface area contributed by atoms with Gasteiger partial charge >= 0.3 is 0 Å². The summed E-state index contributed by atoms with van der Waals surface area (Å²) in [5.74, 6) is -0.187. The van der Waals surface area contributed by atoms with Gasteiger partial charge in [0.15, 0.2) is 0 Å². The van der Waals surface area contributed by atoms with Gasteiger partial charge in [0.1, 0.15) is 0 Å². The third kappa shape index (κ3) is 4.42. The number of hydrogen-bond donors (Lipinski definition) is 2. The maximum Gasteiger partial charge on any atom is 0.251 e. The van der Waals surface area contributed by atoms with Crippen molar-refractivity contribution in [2.24, 2.45) is 0 Å². The lowest BCUT2D eigenvalue weighted by Crippen LogP contribution is -2.34. The van der Waals surface area contributed by atoms with Gasteiger partial charge in [-0.3, -0.25) is 9.59 Å². The minimum atomic E-state index is -0.331. The summed E-state index contributed by atoms with van der Waals surface area (Å²) in [5, 5.41) is 5.95. The SMILES string of the molecule is O=C(C[C@@H](NC(=O)c1ccccc1)c1ccccc1)NC1CC1. The van der Waals surface area contributed by atoms with E-state index >= 15 is 0 Å². The molecule has 118 valence electrons. The lowest BCUT2D eigenvalue weighted by molar-refractivity contribution is -0.121. The van der Waals surface area contributed by atoms with E-state index in [0.717, 1.165) is 18.4 Å². The van der Waals surface area contributed by atoms with Crippen LogP contribution in [0.3, 0.4) is 0 Å². The first-order chi connectivity index (χ1) is 11.2. The van der Waals surface area contributed by atoms with E-state index in [0.29, 0.717) is 11.6 Å². The molecule has 2 aromatic carbocycles. The second-order valence-electron chi connectivity index (χ2n) is 5.85. The van der Waals surface area contributed by atoms with E-state index < -0.39 is 0 Å². The molecule has 1 aliphatic carbocycles. The second kappa shape index (κ2) is 7.09. The molecule has 1 fully saturated rings. The number of benzene rings is 2. The predicted octanol–water partition coefficient (Wildman–Crippen LogP) is 2.83. The van der Waals surface area contributed by atoms with Crippen LogP contribution in [0.4, 0.5) is 0 Å². The maximum atomic E-state index is 12.4. The van der Waals surface area contributed by atoms with Crippen LogP contribution in [0.15, 0.2) is 60.7 Å². The third-order valence-electron chi connectivity index (χ3n) is 3.88. The van der Waals surface area contributed by atoms with Crippen molar-refractivity contribution in [3.8, 4) is 0 Å². The van der Waals surface area contributed by atoms with E-state index in [1.807, 2.05) is 48.5 Å². The quantitative estimate of drug-likeness (QED) is 0.862. The van der Waals surface area contributed by atoms with Crippen molar-refractivity contribution in [1.82, 2.24) is 10.6 Å². The summed E-state index contributed by atoms with van der Waals surface area (Å²) in [6.45, 7) is 0. The van der Waals surface area contributed by atoms with Crippen LogP contribution in [0.25, 0.3) is 0 Å². The number of rotatable bonds is 6. The Hall–Kier alpha value is -2.62. The van der Waals surface area contributed by atoms with Crippen molar-refractivity contribution >= 4 is 11.8 Å². The molecule has 0 aliphatic heterocycles. The summed E-state index contributed by atoms with van der Waals surface area (Å²) in [5.41, 5.74) is 1.53. The predicted molar refractivity (Wildman–Crippen MR) is 88.9 cm³/mol. The van der Waals surface area contributed by atoms with E-state index in [2.05, 4.69) is 10.6 Å². The van der Waals surface area contributed by atoms with Crippen molar-refractivity contribution in [1.29, 1.82) is 0 Å². The van der Waals surface area contributed by atoms with Crippen molar-refractivity contribution in [2.45, 2.75) is 31.3 Å². The fraction of sp³-hybridized carbons (Fsp3) is 0.263. The smallest absolute Gasteiger partial charge is 0.251 e. The van der Waals surface area contributed by atoms with Crippen LogP contribution >= 0.6 is 0 Å². The Balaban J connectivity index is 1.71. The first-order valence-electron chi connectivity index (χ1n) is 7.92. The van der Waals surface area contributed by atoms with Crippen molar-refractivity contribution in [2.75, 3.05) is 0 Å². The Morgan fingerprint density at radius 3 is 2.17 bits per heavy atom. The molecule has 2 amide bonds. The Bertz CT molecular complexity index is 666. The number of nitrogens with one attached hydrogen (secondary N) is 2. The fourth-order valence-corrected chi connectivity index (χ4v) is 2.47. The second-order valence-corrected chi connectivity index (χ2v) is 5.85. The van der Waals surface area contributed by atoms with Crippen LogP contribution in [0.5, 0.6) is 0 Å². The van der Waals surface area contributed by atoms with Crippen molar-refractivity contribution in [3.63, 3.8) is 0 Å². The van der Waals surface area contributed by atoms with Crippen LogP contribution in [-0.4, -0.2) is 17.9 Å². The van der Waals surface area contributed by atoms with Gasteiger partial charge in [-0.05, 0) is 30.5 Å². The summed E-state index contributed by atoms with van der Waals surface area (Å²) in [6.07, 6.45) is 2.36. The van der Waals surface area contributed by atoms with Gasteiger partial charge in [0.05, 0.1) is 12.5 Å². The average Bonchev–Trinajstić information content (AvgIpc) is 3.39. The van der Waals surface area contributed by atoms with Gasteiger partial charge in [-0.1, -0.05) is 48.5 Å². The Morgan fingerprint density at radius 1 is 0.957 bits per heavy atom. The Labute approximate surface area is 135 Å². The van der Waals surface area contributed by atoms with E-state index in [4.69, 9.17) is 0 Å². The van der Waals surface area contributed by atoms with Gasteiger partial charge in [-0.2, -0.15) is 0 Å². The monoisotopic (exact) mass is 308 g/mol. The van der Waals surface area contributed by atoms with Gasteiger partial charge in [0.2, 0.25) is 5.91 Å². The van der Waals surface area contributed by atoms with Crippen LogP contribution in [0, 0.1) is 0 Å². The van der Waals surface area contributed by atoms with Crippen molar-refractivity contribution < 1.29 is 9.59 Å².